The molecule has 2 aromatic carbocycles. The van der Waals surface area contributed by atoms with Crippen LogP contribution in [0.4, 0.5) is 0 Å². The molecular formula is C17H11NOS. The number of aromatic nitrogens is 1. The molecule has 2 aromatic heterocycles. The Kier molecular flexibility index (Phi) is 2.47. The Balaban J connectivity index is 2.22. The Labute approximate surface area is 119 Å². The molecule has 1 N–H and O–H groups in total. The summed E-state index contributed by atoms with van der Waals surface area (Å²) in [6, 6.07) is 18.2. The van der Waals surface area contributed by atoms with Crippen molar-refractivity contribution < 1.29 is 0 Å². The number of hydrogen-bond donors (Lipinski definition) is 1. The van der Waals surface area contributed by atoms with Crippen molar-refractivity contribution in [3.05, 3.63) is 70.3 Å². The van der Waals surface area contributed by atoms with Crippen LogP contribution in [0, 0.1) is 0 Å². The van der Waals surface area contributed by atoms with E-state index in [1.54, 1.807) is 0 Å². The monoisotopic (exact) mass is 277 g/mol. The number of para-hydroxylation sites is 1. The molecule has 20 heavy (non-hydrogen) atoms. The Morgan fingerprint density at radius 3 is 2.50 bits per heavy atom. The van der Waals surface area contributed by atoms with Gasteiger partial charge in [0.15, 0.2) is 0 Å². The van der Waals surface area contributed by atoms with Crippen LogP contribution in [0.3, 0.4) is 0 Å². The maximum Gasteiger partial charge on any atom is 0.266 e. The van der Waals surface area contributed by atoms with Gasteiger partial charge in [0.25, 0.3) is 5.56 Å². The van der Waals surface area contributed by atoms with Crippen molar-refractivity contribution >= 4 is 32.3 Å². The summed E-state index contributed by atoms with van der Waals surface area (Å²) in [5.74, 6) is 0. The van der Waals surface area contributed by atoms with Crippen molar-refractivity contribution in [1.82, 2.24) is 4.98 Å². The summed E-state index contributed by atoms with van der Waals surface area (Å²) in [4.78, 5) is 15.1. The number of fused-ring (bicyclic) bond motifs is 3. The second-order valence-electron chi connectivity index (χ2n) is 4.72. The molecule has 3 heteroatoms. The number of H-pyrrole nitrogens is 1. The highest BCUT2D eigenvalue weighted by Gasteiger charge is 2.12. The maximum absolute atomic E-state index is 12.2. The van der Waals surface area contributed by atoms with Crippen molar-refractivity contribution in [2.75, 3.05) is 0 Å². The lowest BCUT2D eigenvalue weighted by Gasteiger charge is -2.03. The van der Waals surface area contributed by atoms with Gasteiger partial charge >= 0.3 is 0 Å². The Bertz CT molecular complexity index is 967. The van der Waals surface area contributed by atoms with Gasteiger partial charge in [-0.05, 0) is 11.6 Å². The van der Waals surface area contributed by atoms with Gasteiger partial charge in [-0.3, -0.25) is 4.79 Å². The van der Waals surface area contributed by atoms with Gasteiger partial charge in [-0.15, -0.1) is 11.3 Å². The average molecular weight is 277 g/mol. The first kappa shape index (κ1) is 11.4. The zero-order chi connectivity index (χ0) is 13.5. The molecule has 4 aromatic rings. The molecule has 0 amide bonds. The lowest BCUT2D eigenvalue weighted by atomic mass is 10.0. The van der Waals surface area contributed by atoms with Gasteiger partial charge in [-0.1, -0.05) is 48.5 Å². The number of pyridine rings is 1. The molecular weight excluding hydrogens is 266 g/mol. The van der Waals surface area contributed by atoms with Crippen LogP contribution in [0.2, 0.25) is 0 Å². The molecule has 0 aliphatic carbocycles. The smallest absolute Gasteiger partial charge is 0.266 e. The van der Waals surface area contributed by atoms with Gasteiger partial charge in [0.05, 0.1) is 0 Å². The normalized spacial score (nSPS) is 11.2. The molecule has 2 heterocycles. The van der Waals surface area contributed by atoms with E-state index in [9.17, 15) is 4.79 Å². The Morgan fingerprint density at radius 1 is 0.900 bits per heavy atom. The number of thiophene rings is 1. The third-order valence-corrected chi connectivity index (χ3v) is 4.51. The zero-order valence-corrected chi connectivity index (χ0v) is 11.4. The summed E-state index contributed by atoms with van der Waals surface area (Å²) in [5.41, 5.74) is 3.16. The van der Waals surface area contributed by atoms with Crippen LogP contribution in [-0.4, -0.2) is 4.98 Å². The number of hydrogen-bond acceptors (Lipinski definition) is 2. The van der Waals surface area contributed by atoms with Crippen LogP contribution in [0.5, 0.6) is 0 Å². The van der Waals surface area contributed by atoms with Gasteiger partial charge in [-0.2, -0.15) is 0 Å². The molecule has 96 valence electrons. The van der Waals surface area contributed by atoms with E-state index in [-0.39, 0.29) is 5.56 Å². The number of benzene rings is 2. The standard InChI is InChI=1S/C17H11NOS/c19-17-16-15(12-8-4-5-9-14(12)18-17)13(10-20-16)11-6-2-1-3-7-11/h1-10H,(H,18,19). The first-order valence-electron chi connectivity index (χ1n) is 6.42. The average Bonchev–Trinajstić information content (AvgIpc) is 2.94. The summed E-state index contributed by atoms with van der Waals surface area (Å²) in [6.45, 7) is 0. The molecule has 0 spiro atoms. The van der Waals surface area contributed by atoms with E-state index in [2.05, 4.69) is 28.6 Å². The maximum atomic E-state index is 12.2. The van der Waals surface area contributed by atoms with Gasteiger partial charge in [0.2, 0.25) is 0 Å². The summed E-state index contributed by atoms with van der Waals surface area (Å²) < 4.78 is 0.794. The van der Waals surface area contributed by atoms with Crippen molar-refractivity contribution in [3.8, 4) is 11.1 Å². The van der Waals surface area contributed by atoms with Crippen LogP contribution in [0.15, 0.2) is 64.8 Å². The van der Waals surface area contributed by atoms with E-state index < -0.39 is 0 Å². The van der Waals surface area contributed by atoms with Crippen LogP contribution in [-0.2, 0) is 0 Å². The highest BCUT2D eigenvalue weighted by Crippen LogP contribution is 2.35. The van der Waals surface area contributed by atoms with Crippen molar-refractivity contribution in [2.45, 2.75) is 0 Å². The Hall–Kier alpha value is -2.39. The van der Waals surface area contributed by atoms with Crippen LogP contribution in [0.1, 0.15) is 0 Å². The predicted octanol–water partition coefficient (Wildman–Crippen LogP) is 4.41. The summed E-state index contributed by atoms with van der Waals surface area (Å²) in [7, 11) is 0. The molecule has 2 nitrogen and oxygen atoms in total. The molecule has 0 aliphatic heterocycles. The van der Waals surface area contributed by atoms with Gasteiger partial charge in [0, 0.05) is 27.2 Å². The van der Waals surface area contributed by atoms with Crippen molar-refractivity contribution in [1.29, 1.82) is 0 Å². The fourth-order valence-electron chi connectivity index (χ4n) is 2.61. The van der Waals surface area contributed by atoms with Crippen molar-refractivity contribution in [2.24, 2.45) is 0 Å². The molecule has 0 fully saturated rings. The van der Waals surface area contributed by atoms with E-state index in [1.165, 1.54) is 11.3 Å². The first-order valence-corrected chi connectivity index (χ1v) is 7.30. The SMILES string of the molecule is O=c1[nH]c2ccccc2c2c(-c3ccccc3)csc12. The molecule has 0 atom stereocenters. The fourth-order valence-corrected chi connectivity index (χ4v) is 3.60. The second-order valence-corrected chi connectivity index (χ2v) is 5.60. The van der Waals surface area contributed by atoms with E-state index in [4.69, 9.17) is 0 Å². The molecule has 0 bridgehead atoms. The zero-order valence-electron chi connectivity index (χ0n) is 10.6. The van der Waals surface area contributed by atoms with Crippen molar-refractivity contribution in [3.63, 3.8) is 0 Å². The fraction of sp³-hybridized carbons (Fsp3) is 0. The first-order chi connectivity index (χ1) is 9.84. The van der Waals surface area contributed by atoms with E-state index >= 15 is 0 Å². The second kappa shape index (κ2) is 4.32. The quantitative estimate of drug-likeness (QED) is 0.549. The molecule has 0 radical (unpaired) electrons. The topological polar surface area (TPSA) is 32.9 Å². The highest BCUT2D eigenvalue weighted by molar-refractivity contribution is 7.17. The van der Waals surface area contributed by atoms with Gasteiger partial charge in [-0.25, -0.2) is 0 Å². The van der Waals surface area contributed by atoms with E-state index in [0.717, 1.165) is 32.1 Å². The third kappa shape index (κ3) is 1.60. The minimum absolute atomic E-state index is 0.00844. The largest absolute Gasteiger partial charge is 0.321 e. The molecule has 0 aliphatic rings. The minimum Gasteiger partial charge on any atom is -0.321 e. The molecule has 0 saturated carbocycles. The van der Waals surface area contributed by atoms with Gasteiger partial charge < -0.3 is 4.98 Å². The number of rotatable bonds is 1. The minimum atomic E-state index is -0.00844. The lowest BCUT2D eigenvalue weighted by Crippen LogP contribution is -2.04. The predicted molar refractivity (Wildman–Crippen MR) is 85.4 cm³/mol. The Morgan fingerprint density at radius 2 is 1.65 bits per heavy atom. The summed E-state index contributed by atoms with van der Waals surface area (Å²) >= 11 is 1.51. The van der Waals surface area contributed by atoms with Crippen LogP contribution >= 0.6 is 11.3 Å². The van der Waals surface area contributed by atoms with Gasteiger partial charge in [0.1, 0.15) is 4.70 Å². The van der Waals surface area contributed by atoms with Crippen LogP contribution < -0.4 is 5.56 Å². The molecule has 0 unspecified atom stereocenters. The highest BCUT2D eigenvalue weighted by atomic mass is 32.1. The van der Waals surface area contributed by atoms with E-state index in [0.29, 0.717) is 0 Å². The van der Waals surface area contributed by atoms with E-state index in [1.807, 2.05) is 36.4 Å². The number of nitrogens with one attached hydrogen (secondary N) is 1. The summed E-state index contributed by atoms with van der Waals surface area (Å²) in [6.07, 6.45) is 0. The third-order valence-electron chi connectivity index (χ3n) is 3.53. The summed E-state index contributed by atoms with van der Waals surface area (Å²) in [5, 5.41) is 4.23. The number of aromatic amines is 1. The van der Waals surface area contributed by atoms with Crippen LogP contribution in [0.25, 0.3) is 32.1 Å². The lowest BCUT2D eigenvalue weighted by molar-refractivity contribution is 1.36. The molecule has 4 rings (SSSR count). The molecule has 0 saturated heterocycles.